The van der Waals surface area contributed by atoms with Gasteiger partial charge >= 0.3 is 0 Å². The molecule has 2 aromatic rings. The summed E-state index contributed by atoms with van der Waals surface area (Å²) in [5.41, 5.74) is 11.0. The zero-order valence-electron chi connectivity index (χ0n) is 18.8. The molecular weight excluding hydrogens is 400 g/mol. The van der Waals surface area contributed by atoms with Crippen LogP contribution in [0.3, 0.4) is 0 Å². The topological polar surface area (TPSA) is 92.5 Å². The number of aliphatic hydroxyl groups excluding tert-OH is 1. The molecule has 32 heavy (non-hydrogen) atoms. The molecule has 1 aromatic carbocycles. The first kappa shape index (κ1) is 20.3. The van der Waals surface area contributed by atoms with Crippen LogP contribution in [0.25, 0.3) is 16.7 Å². The molecule has 1 fully saturated rings. The number of rotatable bonds is 1. The zero-order chi connectivity index (χ0) is 22.3. The second kappa shape index (κ2) is 6.82. The van der Waals surface area contributed by atoms with Crippen molar-refractivity contribution >= 4 is 22.7 Å². The van der Waals surface area contributed by atoms with Crippen molar-refractivity contribution in [2.24, 2.45) is 23.2 Å². The number of oxazole rings is 1. The van der Waals surface area contributed by atoms with Crippen LogP contribution in [0.1, 0.15) is 57.9 Å². The van der Waals surface area contributed by atoms with Gasteiger partial charge in [0.2, 0.25) is 0 Å². The third kappa shape index (κ3) is 2.74. The molecule has 4 aliphatic rings. The van der Waals surface area contributed by atoms with E-state index in [1.807, 2.05) is 6.07 Å². The van der Waals surface area contributed by atoms with Gasteiger partial charge in [-0.05, 0) is 79.2 Å². The van der Waals surface area contributed by atoms with Gasteiger partial charge in [-0.3, -0.25) is 0 Å². The summed E-state index contributed by atoms with van der Waals surface area (Å²) in [7, 11) is 0. The first-order valence-corrected chi connectivity index (χ1v) is 12.0. The molecule has 168 valence electrons. The number of hydrogen-bond donors (Lipinski definition) is 3. The van der Waals surface area contributed by atoms with Crippen LogP contribution in [0, 0.1) is 23.2 Å². The van der Waals surface area contributed by atoms with E-state index in [0.717, 1.165) is 55.2 Å². The maximum atomic E-state index is 12.2. The minimum atomic E-state index is -0.836. The second-order valence-corrected chi connectivity index (χ2v) is 10.6. The van der Waals surface area contributed by atoms with Crippen LogP contribution in [0.2, 0.25) is 0 Å². The highest BCUT2D eigenvalue weighted by atomic mass is 16.4. The van der Waals surface area contributed by atoms with E-state index in [1.54, 1.807) is 0 Å². The van der Waals surface area contributed by atoms with Crippen molar-refractivity contribution in [1.82, 2.24) is 4.98 Å². The Kier molecular flexibility index (Phi) is 4.31. The Morgan fingerprint density at radius 1 is 1.22 bits per heavy atom. The van der Waals surface area contributed by atoms with Gasteiger partial charge in [0.05, 0.1) is 11.7 Å². The molecule has 5 heteroatoms. The van der Waals surface area contributed by atoms with E-state index in [1.165, 1.54) is 11.1 Å². The van der Waals surface area contributed by atoms with E-state index in [2.05, 4.69) is 49.2 Å². The van der Waals surface area contributed by atoms with Crippen molar-refractivity contribution < 1.29 is 14.6 Å². The maximum absolute atomic E-state index is 12.2. The Morgan fingerprint density at radius 3 is 2.91 bits per heavy atom. The minimum Gasteiger partial charge on any atom is -0.424 e. The fourth-order valence-electron chi connectivity index (χ4n) is 7.18. The molecular formula is C27H32N2O3. The van der Waals surface area contributed by atoms with E-state index in [9.17, 15) is 10.2 Å². The highest BCUT2D eigenvalue weighted by Gasteiger charge is 2.58. The number of nitrogens with two attached hydrogens (primary N) is 1. The van der Waals surface area contributed by atoms with Gasteiger partial charge in [0.15, 0.2) is 5.58 Å². The van der Waals surface area contributed by atoms with Gasteiger partial charge in [0.25, 0.3) is 6.01 Å². The van der Waals surface area contributed by atoms with Gasteiger partial charge in [-0.1, -0.05) is 43.7 Å². The molecule has 1 saturated carbocycles. The predicted molar refractivity (Wildman–Crippen MR) is 125 cm³/mol. The van der Waals surface area contributed by atoms with E-state index in [0.29, 0.717) is 11.5 Å². The highest BCUT2D eigenvalue weighted by molar-refractivity contribution is 5.83. The number of hydrogen-bond acceptors (Lipinski definition) is 5. The van der Waals surface area contributed by atoms with Crippen LogP contribution in [0.4, 0.5) is 6.01 Å². The molecule has 6 rings (SSSR count). The van der Waals surface area contributed by atoms with Crippen LogP contribution >= 0.6 is 0 Å². The summed E-state index contributed by atoms with van der Waals surface area (Å²) in [5, 5.41) is 22.5. The van der Waals surface area contributed by atoms with Gasteiger partial charge in [-0.25, -0.2) is 0 Å². The van der Waals surface area contributed by atoms with Crippen molar-refractivity contribution in [3.8, 4) is 0 Å². The maximum Gasteiger partial charge on any atom is 0.292 e. The van der Waals surface area contributed by atoms with Crippen molar-refractivity contribution in [3.63, 3.8) is 0 Å². The van der Waals surface area contributed by atoms with Crippen molar-refractivity contribution in [1.29, 1.82) is 0 Å². The lowest BCUT2D eigenvalue weighted by Gasteiger charge is -2.51. The Hall–Kier alpha value is -2.37. The molecule has 1 heterocycles. The summed E-state index contributed by atoms with van der Waals surface area (Å²) < 4.78 is 5.47. The summed E-state index contributed by atoms with van der Waals surface area (Å²) in [5.74, 6) is 0.890. The molecule has 5 unspecified atom stereocenters. The molecule has 4 N–H and O–H groups in total. The van der Waals surface area contributed by atoms with Gasteiger partial charge in [0, 0.05) is 11.3 Å². The Labute approximate surface area is 188 Å². The Morgan fingerprint density at radius 2 is 2.06 bits per heavy atom. The molecule has 0 saturated heterocycles. The van der Waals surface area contributed by atoms with Gasteiger partial charge < -0.3 is 20.4 Å². The van der Waals surface area contributed by atoms with Crippen molar-refractivity contribution in [2.45, 2.75) is 64.1 Å². The van der Waals surface area contributed by atoms with Gasteiger partial charge in [-0.2, -0.15) is 4.98 Å². The number of benzene rings is 1. The SMILES string of the molecule is CC1C=C2C=C3CC(O)CCC3CC[C@]2(O)C2CC=C(c3ccc4oc(N)nc4c3)C12C. The summed E-state index contributed by atoms with van der Waals surface area (Å²) >= 11 is 0. The van der Waals surface area contributed by atoms with Crippen molar-refractivity contribution in [3.05, 3.63) is 53.1 Å². The first-order chi connectivity index (χ1) is 15.3. The minimum absolute atomic E-state index is 0.125. The van der Waals surface area contributed by atoms with E-state index < -0.39 is 5.60 Å². The smallest absolute Gasteiger partial charge is 0.292 e. The lowest BCUT2D eigenvalue weighted by Crippen LogP contribution is -2.51. The Balaban J connectivity index is 1.42. The number of fused-ring (bicyclic) bond motifs is 5. The molecule has 4 aliphatic carbocycles. The fraction of sp³-hybridized carbons (Fsp3) is 0.519. The standard InChI is InChI=1S/C27H32N2O3/c1-15-11-19-12-18-13-20(30)5-3-16(18)9-10-27(19,31)24-8-6-21(26(15,24)2)17-4-7-23-22(14-17)29-25(28)32-23/h4,6-7,11-12,14-16,20,24,30-31H,3,5,8-10,13H2,1-2H3,(H2,28,29)/t15?,16?,20?,24?,26?,27-/m1/s1. The Bertz CT molecular complexity index is 1190. The van der Waals surface area contributed by atoms with Gasteiger partial charge in [0.1, 0.15) is 5.52 Å². The molecule has 6 atom stereocenters. The average Bonchev–Trinajstić information content (AvgIpc) is 3.27. The average molecular weight is 433 g/mol. The predicted octanol–water partition coefficient (Wildman–Crippen LogP) is 5.01. The fourth-order valence-corrected chi connectivity index (χ4v) is 7.18. The molecule has 1 aromatic heterocycles. The molecule has 0 spiro atoms. The summed E-state index contributed by atoms with van der Waals surface area (Å²) in [4.78, 5) is 4.32. The number of allylic oxidation sites excluding steroid dienone is 3. The second-order valence-electron chi connectivity index (χ2n) is 10.6. The number of nitrogen functional groups attached to an aromatic ring is 1. The summed E-state index contributed by atoms with van der Waals surface area (Å²) in [6, 6.07) is 6.29. The van der Waals surface area contributed by atoms with E-state index in [4.69, 9.17) is 10.2 Å². The third-order valence-electron chi connectivity index (χ3n) is 9.09. The van der Waals surface area contributed by atoms with Crippen LogP contribution < -0.4 is 5.73 Å². The monoisotopic (exact) mass is 432 g/mol. The number of aromatic nitrogens is 1. The van der Waals surface area contributed by atoms with E-state index in [-0.39, 0.29) is 29.4 Å². The number of nitrogens with zero attached hydrogens (tertiary/aromatic N) is 1. The zero-order valence-corrected chi connectivity index (χ0v) is 18.8. The molecule has 0 bridgehead atoms. The van der Waals surface area contributed by atoms with E-state index >= 15 is 0 Å². The van der Waals surface area contributed by atoms with Crippen LogP contribution in [-0.2, 0) is 0 Å². The largest absolute Gasteiger partial charge is 0.424 e. The normalized spacial score (nSPS) is 38.8. The number of anilines is 1. The highest BCUT2D eigenvalue weighted by Crippen LogP contribution is 2.63. The van der Waals surface area contributed by atoms with Crippen LogP contribution in [0.15, 0.2) is 52.0 Å². The summed E-state index contributed by atoms with van der Waals surface area (Å²) in [6.45, 7) is 4.60. The molecule has 5 nitrogen and oxygen atoms in total. The van der Waals surface area contributed by atoms with Crippen LogP contribution in [0.5, 0.6) is 0 Å². The third-order valence-corrected chi connectivity index (χ3v) is 9.09. The lowest BCUT2D eigenvalue weighted by atomic mass is 9.54. The quantitative estimate of drug-likeness (QED) is 0.589. The first-order valence-electron chi connectivity index (χ1n) is 12.0. The summed E-state index contributed by atoms with van der Waals surface area (Å²) in [6.07, 6.45) is 11.9. The lowest BCUT2D eigenvalue weighted by molar-refractivity contribution is -0.0455. The van der Waals surface area contributed by atoms with Crippen LogP contribution in [-0.4, -0.2) is 26.9 Å². The molecule has 0 aliphatic heterocycles. The molecule has 0 amide bonds. The van der Waals surface area contributed by atoms with Gasteiger partial charge in [-0.15, -0.1) is 0 Å². The van der Waals surface area contributed by atoms with Crippen molar-refractivity contribution in [2.75, 3.05) is 5.73 Å². The number of aliphatic hydroxyl groups is 2. The molecule has 0 radical (unpaired) electrons.